The van der Waals surface area contributed by atoms with Crippen molar-refractivity contribution in [1.82, 2.24) is 9.78 Å². The molecule has 0 aliphatic carbocycles. The van der Waals surface area contributed by atoms with Crippen LogP contribution in [0, 0.1) is 0 Å². The third-order valence-electron chi connectivity index (χ3n) is 2.65. The lowest BCUT2D eigenvalue weighted by Crippen LogP contribution is -2.12. The molecule has 7 nitrogen and oxygen atoms in total. The summed E-state index contributed by atoms with van der Waals surface area (Å²) in [6.07, 6.45) is 3.56. The van der Waals surface area contributed by atoms with Crippen LogP contribution in [0.25, 0.3) is 0 Å². The number of aryl methyl sites for hydroxylation is 1. The first-order valence-corrected chi connectivity index (χ1v) is 8.45. The number of thiophene rings is 1. The molecule has 0 fully saturated rings. The molecule has 0 aliphatic heterocycles. The quantitative estimate of drug-likeness (QED) is 0.811. The van der Waals surface area contributed by atoms with E-state index in [1.807, 2.05) is 6.92 Å². The van der Waals surface area contributed by atoms with Crippen LogP contribution < -0.4 is 4.72 Å². The van der Waals surface area contributed by atoms with Gasteiger partial charge >= 0.3 is 5.97 Å². The van der Waals surface area contributed by atoms with Gasteiger partial charge in [-0.25, -0.2) is 8.42 Å². The van der Waals surface area contributed by atoms with Crippen molar-refractivity contribution >= 4 is 33.0 Å². The molecule has 21 heavy (non-hydrogen) atoms. The highest BCUT2D eigenvalue weighted by Crippen LogP contribution is 2.24. The molecule has 2 aromatic rings. The fourth-order valence-corrected chi connectivity index (χ4v) is 3.92. The molecule has 0 saturated heterocycles. The molecule has 114 valence electrons. The van der Waals surface area contributed by atoms with E-state index in [1.165, 1.54) is 35.5 Å². The minimum Gasteiger partial charge on any atom is -0.468 e. The van der Waals surface area contributed by atoms with E-state index in [2.05, 4.69) is 14.6 Å². The summed E-state index contributed by atoms with van der Waals surface area (Å²) in [5.41, 5.74) is 0.297. The van der Waals surface area contributed by atoms with Crippen LogP contribution >= 0.6 is 11.3 Å². The van der Waals surface area contributed by atoms with Gasteiger partial charge in [-0.2, -0.15) is 5.10 Å². The van der Waals surface area contributed by atoms with Crippen LogP contribution in [0.5, 0.6) is 0 Å². The average Bonchev–Trinajstić information content (AvgIpc) is 3.07. The minimum atomic E-state index is -3.62. The number of anilines is 1. The number of carbonyl (C=O) groups is 1. The molecular weight excluding hydrogens is 314 g/mol. The molecule has 0 saturated carbocycles. The molecule has 0 aromatic carbocycles. The van der Waals surface area contributed by atoms with E-state index in [4.69, 9.17) is 0 Å². The van der Waals surface area contributed by atoms with Crippen molar-refractivity contribution in [1.29, 1.82) is 0 Å². The van der Waals surface area contributed by atoms with Gasteiger partial charge in [0.2, 0.25) is 0 Å². The third kappa shape index (κ3) is 3.82. The number of hydrogen-bond donors (Lipinski definition) is 1. The van der Waals surface area contributed by atoms with Crippen molar-refractivity contribution in [3.63, 3.8) is 0 Å². The van der Waals surface area contributed by atoms with Crippen molar-refractivity contribution in [2.45, 2.75) is 24.1 Å². The first-order valence-electron chi connectivity index (χ1n) is 6.15. The normalized spacial score (nSPS) is 11.3. The van der Waals surface area contributed by atoms with E-state index in [1.54, 1.807) is 12.1 Å². The SMILES string of the molecule is CCc1ccc(S(=O)(=O)Nc2cnn(CC(=O)OC)c2)s1. The summed E-state index contributed by atoms with van der Waals surface area (Å²) in [6.45, 7) is 1.89. The molecule has 0 unspecified atom stereocenters. The number of aromatic nitrogens is 2. The van der Waals surface area contributed by atoms with E-state index in [9.17, 15) is 13.2 Å². The van der Waals surface area contributed by atoms with Crippen LogP contribution in [-0.2, 0) is 32.5 Å². The third-order valence-corrected chi connectivity index (χ3v) is 5.76. The van der Waals surface area contributed by atoms with Gasteiger partial charge in [0.1, 0.15) is 10.8 Å². The zero-order valence-electron chi connectivity index (χ0n) is 11.6. The minimum absolute atomic E-state index is 0.0722. The highest BCUT2D eigenvalue weighted by atomic mass is 32.2. The summed E-state index contributed by atoms with van der Waals surface area (Å²) in [7, 11) is -2.35. The number of ether oxygens (including phenoxy) is 1. The molecular formula is C12H15N3O4S2. The fraction of sp³-hybridized carbons (Fsp3) is 0.333. The number of carbonyl (C=O) groups excluding carboxylic acids is 1. The lowest BCUT2D eigenvalue weighted by atomic mass is 10.4. The van der Waals surface area contributed by atoms with Crippen LogP contribution in [0.1, 0.15) is 11.8 Å². The summed E-state index contributed by atoms with van der Waals surface area (Å²) in [5.74, 6) is -0.460. The highest BCUT2D eigenvalue weighted by molar-refractivity contribution is 7.94. The highest BCUT2D eigenvalue weighted by Gasteiger charge is 2.17. The van der Waals surface area contributed by atoms with Crippen molar-refractivity contribution < 1.29 is 17.9 Å². The number of sulfonamides is 1. The van der Waals surface area contributed by atoms with Gasteiger partial charge in [0.25, 0.3) is 10.0 Å². The maximum Gasteiger partial charge on any atom is 0.327 e. The van der Waals surface area contributed by atoms with Gasteiger partial charge in [0.15, 0.2) is 0 Å². The smallest absolute Gasteiger partial charge is 0.327 e. The Morgan fingerprint density at radius 3 is 2.86 bits per heavy atom. The molecule has 0 bridgehead atoms. The van der Waals surface area contributed by atoms with Crippen LogP contribution in [0.15, 0.2) is 28.7 Å². The Bertz CT molecular complexity index is 733. The zero-order valence-corrected chi connectivity index (χ0v) is 13.2. The summed E-state index contributed by atoms with van der Waals surface area (Å²) in [4.78, 5) is 12.1. The second-order valence-electron chi connectivity index (χ2n) is 4.18. The van der Waals surface area contributed by atoms with Crippen LogP contribution in [0.2, 0.25) is 0 Å². The molecule has 1 N–H and O–H groups in total. The molecule has 2 aromatic heterocycles. The van der Waals surface area contributed by atoms with Gasteiger partial charge in [0.05, 0.1) is 19.0 Å². The Balaban J connectivity index is 2.11. The first-order chi connectivity index (χ1) is 9.94. The van der Waals surface area contributed by atoms with Gasteiger partial charge in [-0.05, 0) is 18.6 Å². The molecule has 2 rings (SSSR count). The Hall–Kier alpha value is -1.87. The van der Waals surface area contributed by atoms with Crippen LogP contribution in [0.4, 0.5) is 5.69 Å². The van der Waals surface area contributed by atoms with E-state index in [0.29, 0.717) is 5.69 Å². The standard InChI is InChI=1S/C12H15N3O4S2/c1-3-10-4-5-12(20-10)21(17,18)14-9-6-13-15(7-9)8-11(16)19-2/h4-7,14H,3,8H2,1-2H3. The Morgan fingerprint density at radius 1 is 1.48 bits per heavy atom. The Labute approximate surface area is 126 Å². The zero-order chi connectivity index (χ0) is 15.5. The molecule has 0 spiro atoms. The second-order valence-corrected chi connectivity index (χ2v) is 7.26. The monoisotopic (exact) mass is 329 g/mol. The van der Waals surface area contributed by atoms with Crippen LogP contribution in [-0.4, -0.2) is 31.3 Å². The lowest BCUT2D eigenvalue weighted by molar-refractivity contribution is -0.141. The molecule has 0 atom stereocenters. The number of nitrogens with zero attached hydrogens (tertiary/aromatic N) is 2. The number of esters is 1. The maximum absolute atomic E-state index is 12.2. The average molecular weight is 329 g/mol. The predicted octanol–water partition coefficient (Wildman–Crippen LogP) is 1.48. The second kappa shape index (κ2) is 6.27. The first kappa shape index (κ1) is 15.5. The van der Waals surface area contributed by atoms with E-state index < -0.39 is 16.0 Å². The van der Waals surface area contributed by atoms with Crippen molar-refractivity contribution in [2.75, 3.05) is 11.8 Å². The molecule has 0 radical (unpaired) electrons. The number of hydrogen-bond acceptors (Lipinski definition) is 6. The summed E-state index contributed by atoms with van der Waals surface area (Å²) in [6, 6.07) is 3.37. The topological polar surface area (TPSA) is 90.3 Å². The Morgan fingerprint density at radius 2 is 2.24 bits per heavy atom. The lowest BCUT2D eigenvalue weighted by Gasteiger charge is -2.02. The van der Waals surface area contributed by atoms with E-state index in [0.717, 1.165) is 11.3 Å². The number of nitrogens with one attached hydrogen (secondary N) is 1. The summed E-state index contributed by atoms with van der Waals surface area (Å²) < 4.78 is 32.9. The fourth-order valence-electron chi connectivity index (χ4n) is 1.60. The van der Waals surface area contributed by atoms with Gasteiger partial charge < -0.3 is 4.74 Å². The van der Waals surface area contributed by atoms with Gasteiger partial charge in [-0.1, -0.05) is 6.92 Å². The number of methoxy groups -OCH3 is 1. The number of rotatable bonds is 6. The summed E-state index contributed by atoms with van der Waals surface area (Å²) >= 11 is 1.23. The molecule has 2 heterocycles. The largest absolute Gasteiger partial charge is 0.468 e. The Kier molecular flexibility index (Phi) is 4.63. The van der Waals surface area contributed by atoms with Crippen LogP contribution in [0.3, 0.4) is 0 Å². The predicted molar refractivity (Wildman–Crippen MR) is 78.7 cm³/mol. The van der Waals surface area contributed by atoms with Gasteiger partial charge in [-0.3, -0.25) is 14.2 Å². The van der Waals surface area contributed by atoms with Crippen molar-refractivity contribution in [3.05, 3.63) is 29.4 Å². The maximum atomic E-state index is 12.2. The molecule has 0 aliphatic rings. The molecule has 9 heteroatoms. The van der Waals surface area contributed by atoms with Gasteiger partial charge in [-0.15, -0.1) is 11.3 Å². The summed E-state index contributed by atoms with van der Waals surface area (Å²) in [5, 5.41) is 3.90. The van der Waals surface area contributed by atoms with E-state index >= 15 is 0 Å². The van der Waals surface area contributed by atoms with Gasteiger partial charge in [0, 0.05) is 11.1 Å². The molecule has 0 amide bonds. The van der Waals surface area contributed by atoms with Crippen molar-refractivity contribution in [3.8, 4) is 0 Å². The van der Waals surface area contributed by atoms with E-state index in [-0.39, 0.29) is 10.8 Å². The van der Waals surface area contributed by atoms with Crippen molar-refractivity contribution in [2.24, 2.45) is 0 Å².